The zero-order chi connectivity index (χ0) is 12.3. The van der Waals surface area contributed by atoms with Gasteiger partial charge in [0.25, 0.3) is 0 Å². The van der Waals surface area contributed by atoms with Gasteiger partial charge in [0.2, 0.25) is 5.95 Å². The number of rotatable bonds is 4. The van der Waals surface area contributed by atoms with Crippen molar-refractivity contribution in [2.45, 2.75) is 0 Å². The molecule has 0 saturated carbocycles. The van der Waals surface area contributed by atoms with Gasteiger partial charge in [-0.1, -0.05) is 0 Å². The Morgan fingerprint density at radius 1 is 1.53 bits per heavy atom. The first-order valence-corrected chi connectivity index (χ1v) is 4.94. The van der Waals surface area contributed by atoms with E-state index in [4.69, 9.17) is 0 Å². The molecule has 0 fully saturated rings. The van der Waals surface area contributed by atoms with Crippen molar-refractivity contribution in [3.63, 3.8) is 0 Å². The predicted octanol–water partition coefficient (Wildman–Crippen LogP) is -0.0205. The lowest BCUT2D eigenvalue weighted by molar-refractivity contribution is -0.138. The normalized spacial score (nSPS) is 10.2. The summed E-state index contributed by atoms with van der Waals surface area (Å²) in [5, 5.41) is 5.68. The summed E-state index contributed by atoms with van der Waals surface area (Å²) < 4.78 is 4.54. The minimum absolute atomic E-state index is 0.0325. The summed E-state index contributed by atoms with van der Waals surface area (Å²) in [6, 6.07) is 0. The third kappa shape index (κ3) is 2.25. The molecule has 0 amide bonds. The molecule has 2 rings (SSSR count). The summed E-state index contributed by atoms with van der Waals surface area (Å²) in [4.78, 5) is 26.3. The predicted molar refractivity (Wildman–Crippen MR) is 61.7 cm³/mol. The number of ether oxygens (including phenoxy) is 1. The average Bonchev–Trinajstić information content (AvgIpc) is 2.83. The van der Waals surface area contributed by atoms with Gasteiger partial charge in [-0.15, -0.1) is 0 Å². The first kappa shape index (κ1) is 11.1. The van der Waals surface area contributed by atoms with Gasteiger partial charge in [-0.05, 0) is 0 Å². The van der Waals surface area contributed by atoms with E-state index in [9.17, 15) is 4.79 Å². The Labute approximate surface area is 96.8 Å². The van der Waals surface area contributed by atoms with E-state index >= 15 is 0 Å². The monoisotopic (exact) mass is 236 g/mol. The van der Waals surface area contributed by atoms with Crippen molar-refractivity contribution >= 4 is 28.9 Å². The molecule has 90 valence electrons. The number of carbonyl (C=O) groups is 1. The molecule has 0 atom stereocenters. The summed E-state index contributed by atoms with van der Waals surface area (Å²) >= 11 is 0. The van der Waals surface area contributed by atoms with Crippen LogP contribution in [0.3, 0.4) is 0 Å². The lowest BCUT2D eigenvalue weighted by atomic mass is 10.4. The first-order valence-electron chi connectivity index (χ1n) is 4.94. The minimum atomic E-state index is -0.373. The van der Waals surface area contributed by atoms with Crippen molar-refractivity contribution in [2.24, 2.45) is 0 Å². The highest BCUT2D eigenvalue weighted by molar-refractivity contribution is 5.85. The Morgan fingerprint density at radius 2 is 2.35 bits per heavy atom. The van der Waals surface area contributed by atoms with Crippen LogP contribution in [0.5, 0.6) is 0 Å². The molecule has 0 aliphatic carbocycles. The fourth-order valence-corrected chi connectivity index (χ4v) is 1.30. The fraction of sp³-hybridized carbons (Fsp3) is 0.333. The van der Waals surface area contributed by atoms with Crippen molar-refractivity contribution in [2.75, 3.05) is 31.3 Å². The third-order valence-corrected chi connectivity index (χ3v) is 2.14. The Kier molecular flexibility index (Phi) is 3.03. The number of methoxy groups -OCH3 is 1. The molecule has 0 saturated heterocycles. The highest BCUT2D eigenvalue weighted by Gasteiger charge is 2.10. The largest absolute Gasteiger partial charge is 0.468 e. The van der Waals surface area contributed by atoms with E-state index in [0.29, 0.717) is 22.9 Å². The van der Waals surface area contributed by atoms with E-state index < -0.39 is 0 Å². The molecule has 17 heavy (non-hydrogen) atoms. The average molecular weight is 236 g/mol. The molecule has 0 aromatic carbocycles. The van der Waals surface area contributed by atoms with E-state index in [1.165, 1.54) is 13.4 Å². The Bertz CT molecular complexity index is 537. The minimum Gasteiger partial charge on any atom is -0.468 e. The number of fused-ring (bicyclic) bond motifs is 1. The number of anilines is 2. The zero-order valence-corrected chi connectivity index (χ0v) is 9.44. The van der Waals surface area contributed by atoms with Gasteiger partial charge in [0.15, 0.2) is 11.5 Å². The van der Waals surface area contributed by atoms with E-state index in [2.05, 4.69) is 35.3 Å². The zero-order valence-electron chi connectivity index (χ0n) is 9.44. The second kappa shape index (κ2) is 4.64. The molecular formula is C9H12N6O2. The molecule has 2 heterocycles. The van der Waals surface area contributed by atoms with Gasteiger partial charge in [-0.3, -0.25) is 4.79 Å². The standard InChI is InChI=1S/C9H12N6O2/c1-10-9-14-7(11-3-5(16)17-2)6-8(15-9)13-4-12-6/h4H,3H2,1-2H3,(H3,10,11,12,13,14,15). The number of imidazole rings is 1. The number of carbonyl (C=O) groups excluding carboxylic acids is 1. The highest BCUT2D eigenvalue weighted by Crippen LogP contribution is 2.17. The van der Waals surface area contributed by atoms with Gasteiger partial charge >= 0.3 is 5.97 Å². The number of hydrogen-bond donors (Lipinski definition) is 3. The maximum absolute atomic E-state index is 11.0. The third-order valence-electron chi connectivity index (χ3n) is 2.14. The second-order valence-corrected chi connectivity index (χ2v) is 3.18. The second-order valence-electron chi connectivity index (χ2n) is 3.18. The van der Waals surface area contributed by atoms with Crippen LogP contribution < -0.4 is 10.6 Å². The molecule has 0 radical (unpaired) electrons. The van der Waals surface area contributed by atoms with Crippen LogP contribution in [0, 0.1) is 0 Å². The highest BCUT2D eigenvalue weighted by atomic mass is 16.5. The summed E-state index contributed by atoms with van der Waals surface area (Å²) in [6.07, 6.45) is 1.52. The number of hydrogen-bond acceptors (Lipinski definition) is 7. The van der Waals surface area contributed by atoms with Gasteiger partial charge in [-0.2, -0.15) is 9.97 Å². The molecule has 0 unspecified atom stereocenters. The van der Waals surface area contributed by atoms with Crippen molar-refractivity contribution in [1.82, 2.24) is 19.9 Å². The number of nitrogens with one attached hydrogen (secondary N) is 3. The van der Waals surface area contributed by atoms with Crippen LogP contribution in [0.15, 0.2) is 6.33 Å². The van der Waals surface area contributed by atoms with Gasteiger partial charge in [-0.25, -0.2) is 4.98 Å². The SMILES string of the molecule is CNc1nc(NCC(=O)OC)c2[nH]cnc2n1. The van der Waals surface area contributed by atoms with E-state index in [1.54, 1.807) is 7.05 Å². The van der Waals surface area contributed by atoms with Crippen LogP contribution >= 0.6 is 0 Å². The Balaban J connectivity index is 2.30. The molecule has 0 bridgehead atoms. The molecule has 3 N–H and O–H groups in total. The van der Waals surface area contributed by atoms with Crippen molar-refractivity contribution in [3.05, 3.63) is 6.33 Å². The van der Waals surface area contributed by atoms with Gasteiger partial charge < -0.3 is 20.4 Å². The molecule has 0 aliphatic heterocycles. The molecule has 8 nitrogen and oxygen atoms in total. The number of nitrogens with zero attached hydrogens (tertiary/aromatic N) is 3. The molecular weight excluding hydrogens is 224 g/mol. The number of aromatic nitrogens is 4. The Hall–Kier alpha value is -2.38. The Morgan fingerprint density at radius 3 is 3.06 bits per heavy atom. The van der Waals surface area contributed by atoms with E-state index in [-0.39, 0.29) is 12.5 Å². The van der Waals surface area contributed by atoms with Crippen molar-refractivity contribution in [1.29, 1.82) is 0 Å². The molecule has 8 heteroatoms. The van der Waals surface area contributed by atoms with E-state index in [1.807, 2.05) is 0 Å². The lowest BCUT2D eigenvalue weighted by Crippen LogP contribution is -2.16. The topological polar surface area (TPSA) is 105 Å². The quantitative estimate of drug-likeness (QED) is 0.640. The van der Waals surface area contributed by atoms with Crippen LogP contribution in [0.2, 0.25) is 0 Å². The van der Waals surface area contributed by atoms with Gasteiger partial charge in [0.05, 0.1) is 13.4 Å². The first-order chi connectivity index (χ1) is 8.24. The van der Waals surface area contributed by atoms with Gasteiger partial charge in [0.1, 0.15) is 12.1 Å². The van der Waals surface area contributed by atoms with Crippen LogP contribution in [-0.4, -0.2) is 46.6 Å². The maximum Gasteiger partial charge on any atom is 0.325 e. The van der Waals surface area contributed by atoms with Crippen LogP contribution in [0.25, 0.3) is 11.2 Å². The van der Waals surface area contributed by atoms with Gasteiger partial charge in [0, 0.05) is 7.05 Å². The maximum atomic E-state index is 11.0. The van der Waals surface area contributed by atoms with Crippen LogP contribution in [-0.2, 0) is 9.53 Å². The molecule has 0 spiro atoms. The van der Waals surface area contributed by atoms with Crippen LogP contribution in [0.4, 0.5) is 11.8 Å². The number of aromatic amines is 1. The number of H-pyrrole nitrogens is 1. The summed E-state index contributed by atoms with van der Waals surface area (Å²) in [5.74, 6) is 0.557. The molecule has 2 aromatic rings. The lowest BCUT2D eigenvalue weighted by Gasteiger charge is -2.06. The number of esters is 1. The fourth-order valence-electron chi connectivity index (χ4n) is 1.30. The van der Waals surface area contributed by atoms with Crippen molar-refractivity contribution < 1.29 is 9.53 Å². The summed E-state index contributed by atoms with van der Waals surface area (Å²) in [7, 11) is 3.03. The molecule has 0 aliphatic rings. The van der Waals surface area contributed by atoms with Crippen molar-refractivity contribution in [3.8, 4) is 0 Å². The smallest absolute Gasteiger partial charge is 0.325 e. The molecule has 2 aromatic heterocycles. The van der Waals surface area contributed by atoms with Crippen LogP contribution in [0.1, 0.15) is 0 Å². The summed E-state index contributed by atoms with van der Waals surface area (Å²) in [6.45, 7) is 0.0325. The van der Waals surface area contributed by atoms with E-state index in [0.717, 1.165) is 0 Å². The summed E-state index contributed by atoms with van der Waals surface area (Å²) in [5.41, 5.74) is 1.17.